The normalized spacial score (nSPS) is 8.82. The van der Waals surface area contributed by atoms with Gasteiger partial charge in [0.1, 0.15) is 0 Å². The van der Waals surface area contributed by atoms with Crippen molar-refractivity contribution in [2.75, 3.05) is 0 Å². The molecule has 0 amide bonds. The van der Waals surface area contributed by atoms with Crippen molar-refractivity contribution in [2.24, 2.45) is 0 Å². The van der Waals surface area contributed by atoms with E-state index in [1.807, 2.05) is 25.1 Å². The van der Waals surface area contributed by atoms with Gasteiger partial charge in [-0.05, 0) is 22.5 Å². The molecule has 0 saturated carbocycles. The average molecular weight is 269 g/mol. The lowest BCUT2D eigenvalue weighted by atomic mass is 10.4. The van der Waals surface area contributed by atoms with Crippen molar-refractivity contribution in [2.45, 2.75) is 6.92 Å². The molecule has 0 aliphatic heterocycles. The third-order valence-corrected chi connectivity index (χ3v) is 0.813. The molecular formula is C6H8INO3. The molecule has 4 nitrogen and oxygen atoms in total. The minimum absolute atomic E-state index is 1.07. The van der Waals surface area contributed by atoms with Gasteiger partial charge in [-0.15, -0.1) is 0 Å². The van der Waals surface area contributed by atoms with Gasteiger partial charge in [0.25, 0.3) is 0 Å². The lowest BCUT2D eigenvalue weighted by Crippen LogP contribution is -3.98. The van der Waals surface area contributed by atoms with Gasteiger partial charge in [-0.2, -0.15) is 0 Å². The van der Waals surface area contributed by atoms with E-state index in [4.69, 9.17) is 10.3 Å². The molecule has 1 rings (SSSR count). The average Bonchev–Trinajstić information content (AvgIpc) is 1.87. The molecular weight excluding hydrogens is 261 g/mol. The molecule has 1 aromatic rings. The maximum absolute atomic E-state index is 8.68. The first kappa shape index (κ1) is 10.8. The van der Waals surface area contributed by atoms with Crippen LogP contribution in [-0.2, 0) is 0 Å². The molecule has 0 aliphatic rings. The van der Waals surface area contributed by atoms with Crippen LogP contribution in [0.4, 0.5) is 0 Å². The summed E-state index contributed by atoms with van der Waals surface area (Å²) >= 11 is -3.76. The van der Waals surface area contributed by atoms with Gasteiger partial charge in [-0.3, -0.25) is 4.98 Å². The Morgan fingerprint density at radius 3 is 2.18 bits per heavy atom. The van der Waals surface area contributed by atoms with Crippen LogP contribution in [0.1, 0.15) is 5.69 Å². The molecule has 0 bridgehead atoms. The van der Waals surface area contributed by atoms with E-state index in [-0.39, 0.29) is 0 Å². The molecule has 0 radical (unpaired) electrons. The van der Waals surface area contributed by atoms with Crippen LogP contribution in [0.5, 0.6) is 0 Å². The van der Waals surface area contributed by atoms with E-state index in [1.54, 1.807) is 6.20 Å². The number of nitrogens with zero attached hydrogens (tertiary/aromatic N) is 1. The van der Waals surface area contributed by atoms with E-state index < -0.39 is 21.1 Å². The van der Waals surface area contributed by atoms with Gasteiger partial charge in [0, 0.05) is 11.9 Å². The van der Waals surface area contributed by atoms with Crippen molar-refractivity contribution in [3.63, 3.8) is 0 Å². The van der Waals surface area contributed by atoms with Gasteiger partial charge in [0.05, 0.1) is 0 Å². The summed E-state index contributed by atoms with van der Waals surface area (Å²) < 4.78 is 24.5. The van der Waals surface area contributed by atoms with Crippen molar-refractivity contribution < 1.29 is 31.4 Å². The van der Waals surface area contributed by atoms with Crippen molar-refractivity contribution in [1.82, 2.24) is 4.98 Å². The quantitative estimate of drug-likeness (QED) is 0.481. The maximum atomic E-state index is 8.68. The summed E-state index contributed by atoms with van der Waals surface area (Å²) in [6.07, 6.45) is 1.79. The van der Waals surface area contributed by atoms with E-state index in [1.165, 1.54) is 0 Å². The summed E-state index contributed by atoms with van der Waals surface area (Å²) in [5, 5.41) is 0. The van der Waals surface area contributed by atoms with Crippen molar-refractivity contribution in [3.8, 4) is 0 Å². The van der Waals surface area contributed by atoms with Gasteiger partial charge in [-0.25, -0.2) is 0 Å². The zero-order valence-corrected chi connectivity index (χ0v) is 8.06. The van der Waals surface area contributed by atoms with Crippen molar-refractivity contribution in [1.29, 1.82) is 0 Å². The van der Waals surface area contributed by atoms with Crippen LogP contribution in [0, 0.1) is 6.92 Å². The maximum Gasteiger partial charge on any atom is 0.503 e. The van der Waals surface area contributed by atoms with E-state index in [0.717, 1.165) is 5.69 Å². The number of aromatic nitrogens is 1. The van der Waals surface area contributed by atoms with Gasteiger partial charge < -0.3 is 6.87 Å². The number of hydrogen-bond donors (Lipinski definition) is 1. The molecule has 1 heterocycles. The first-order chi connectivity index (χ1) is 5.13. The van der Waals surface area contributed by atoms with Crippen molar-refractivity contribution in [3.05, 3.63) is 30.1 Å². The fraction of sp³-hybridized carbons (Fsp3) is 0.167. The molecule has 1 aromatic heterocycles. The van der Waals surface area contributed by atoms with Crippen LogP contribution < -0.4 is 27.9 Å². The lowest BCUT2D eigenvalue weighted by molar-refractivity contribution is -1.63. The molecule has 11 heavy (non-hydrogen) atoms. The van der Waals surface area contributed by atoms with Gasteiger partial charge in [0.15, 0.2) is 0 Å². The summed E-state index contributed by atoms with van der Waals surface area (Å²) in [5.41, 5.74) is 1.07. The Labute approximate surface area is 73.6 Å². The van der Waals surface area contributed by atoms with Crippen LogP contribution in [0.25, 0.3) is 0 Å². The van der Waals surface area contributed by atoms with Crippen LogP contribution in [0.2, 0.25) is 0 Å². The van der Waals surface area contributed by atoms with E-state index >= 15 is 0 Å². The van der Waals surface area contributed by atoms with Gasteiger partial charge >= 0.3 is 21.1 Å². The molecule has 0 spiro atoms. The number of pyridine rings is 1. The Morgan fingerprint density at radius 1 is 1.45 bits per heavy atom. The Kier molecular flexibility index (Phi) is 6.33. The number of rotatable bonds is 0. The van der Waals surface area contributed by atoms with Gasteiger partial charge in [-0.1, -0.05) is 6.07 Å². The minimum Gasteiger partial charge on any atom is -0.396 e. The zero-order valence-electron chi connectivity index (χ0n) is 5.90. The second kappa shape index (κ2) is 6.47. The Morgan fingerprint density at radius 2 is 2.00 bits per heavy atom. The zero-order chi connectivity index (χ0) is 8.69. The number of hydrogen-bond acceptors (Lipinski definition) is 4. The second-order valence-electron chi connectivity index (χ2n) is 1.67. The van der Waals surface area contributed by atoms with Gasteiger partial charge in [0.2, 0.25) is 0 Å². The monoisotopic (exact) mass is 269 g/mol. The van der Waals surface area contributed by atoms with Crippen molar-refractivity contribution >= 4 is 0 Å². The fourth-order valence-corrected chi connectivity index (χ4v) is 0.448. The SMILES string of the molecule is Cc1ccccn1.[O-][I+2]([O-])O. The first-order valence-electron chi connectivity index (χ1n) is 2.75. The minimum atomic E-state index is -3.76. The third-order valence-electron chi connectivity index (χ3n) is 0.813. The highest BCUT2D eigenvalue weighted by atomic mass is 127. The highest BCUT2D eigenvalue weighted by Crippen LogP contribution is 1.85. The fourth-order valence-electron chi connectivity index (χ4n) is 0.448. The molecule has 0 aromatic carbocycles. The van der Waals surface area contributed by atoms with E-state index in [2.05, 4.69) is 4.98 Å². The molecule has 0 fully saturated rings. The Balaban J connectivity index is 0.000000218. The van der Waals surface area contributed by atoms with E-state index in [0.29, 0.717) is 0 Å². The molecule has 0 unspecified atom stereocenters. The topological polar surface area (TPSA) is 79.2 Å². The van der Waals surface area contributed by atoms with E-state index in [9.17, 15) is 0 Å². The van der Waals surface area contributed by atoms with Crippen LogP contribution in [0.15, 0.2) is 24.4 Å². The lowest BCUT2D eigenvalue weighted by Gasteiger charge is -1.82. The summed E-state index contributed by atoms with van der Waals surface area (Å²) in [5.74, 6) is 0. The number of aryl methyl sites for hydroxylation is 1. The first-order valence-corrected chi connectivity index (χ1v) is 5.47. The smallest absolute Gasteiger partial charge is 0.396 e. The highest BCUT2D eigenvalue weighted by Gasteiger charge is 1.89. The van der Waals surface area contributed by atoms with Crippen LogP contribution in [0.3, 0.4) is 0 Å². The molecule has 0 atom stereocenters. The second-order valence-corrected chi connectivity index (χ2v) is 2.82. The third kappa shape index (κ3) is 9.76. The molecule has 1 N–H and O–H groups in total. The predicted octanol–water partition coefficient (Wildman–Crippen LogP) is -4.54. The highest BCUT2D eigenvalue weighted by molar-refractivity contribution is 4.99. The molecule has 5 heteroatoms. The largest absolute Gasteiger partial charge is 0.503 e. The molecule has 0 saturated heterocycles. The summed E-state index contributed by atoms with van der Waals surface area (Å²) in [6.45, 7) is 1.97. The Bertz CT molecular complexity index is 178. The Hall–Kier alpha value is -0.240. The van der Waals surface area contributed by atoms with Crippen LogP contribution >= 0.6 is 0 Å². The summed E-state index contributed by atoms with van der Waals surface area (Å²) in [6, 6.07) is 5.86. The molecule has 0 aliphatic carbocycles. The van der Waals surface area contributed by atoms with Crippen LogP contribution in [-0.4, -0.2) is 8.42 Å². The predicted molar refractivity (Wildman–Crippen MR) is 31.2 cm³/mol. The summed E-state index contributed by atoms with van der Waals surface area (Å²) in [4.78, 5) is 3.98. The summed E-state index contributed by atoms with van der Waals surface area (Å²) in [7, 11) is 0. The number of halogens is 1. The molecule has 62 valence electrons. The standard InChI is InChI=1S/C6H7N.HIO3/c1-6-4-2-3-5-7-6;2-1(3)4/h2-5H,1H3;2H.